The van der Waals surface area contributed by atoms with Crippen LogP contribution in [0.1, 0.15) is 30.4 Å². The summed E-state index contributed by atoms with van der Waals surface area (Å²) in [5, 5.41) is 12.3. The van der Waals surface area contributed by atoms with Crippen LogP contribution in [-0.2, 0) is 16.3 Å². The number of anilines is 3. The summed E-state index contributed by atoms with van der Waals surface area (Å²) >= 11 is 0. The number of fused-ring (bicyclic) bond motifs is 1. The van der Waals surface area contributed by atoms with E-state index < -0.39 is 9.84 Å². The predicted molar refractivity (Wildman–Crippen MR) is 135 cm³/mol. The zero-order chi connectivity index (χ0) is 24.6. The highest BCUT2D eigenvalue weighted by atomic mass is 32.2. The second-order valence-electron chi connectivity index (χ2n) is 8.49. The fourth-order valence-electron chi connectivity index (χ4n) is 4.00. The van der Waals surface area contributed by atoms with Gasteiger partial charge in [-0.1, -0.05) is 13.0 Å². The van der Waals surface area contributed by atoms with Crippen molar-refractivity contribution in [2.45, 2.75) is 31.7 Å². The van der Waals surface area contributed by atoms with Crippen molar-refractivity contribution in [1.82, 2.24) is 29.5 Å². The number of aryl methyl sites for hydroxylation is 2. The van der Waals surface area contributed by atoms with E-state index in [1.165, 1.54) is 6.07 Å². The number of sulfone groups is 1. The Kier molecular flexibility index (Phi) is 5.93. The van der Waals surface area contributed by atoms with Crippen LogP contribution in [0.3, 0.4) is 0 Å². The summed E-state index contributed by atoms with van der Waals surface area (Å²) in [6, 6.07) is 7.05. The molecule has 0 unspecified atom stereocenters. The van der Waals surface area contributed by atoms with E-state index in [-0.39, 0.29) is 5.03 Å². The minimum atomic E-state index is -3.37. The van der Waals surface area contributed by atoms with E-state index in [9.17, 15) is 8.42 Å². The molecule has 0 spiro atoms. The van der Waals surface area contributed by atoms with Gasteiger partial charge in [-0.2, -0.15) is 0 Å². The third kappa shape index (κ3) is 4.59. The quantitative estimate of drug-likeness (QED) is 0.434. The number of hydrogen-bond acceptors (Lipinski definition) is 9. The fraction of sp³-hybridized carbons (Fsp3) is 0.292. The molecule has 5 rings (SSSR count). The van der Waals surface area contributed by atoms with Gasteiger partial charge in [-0.3, -0.25) is 4.40 Å². The standard InChI is InChI=1S/C24H26N8O2S/c1-4-17-14-25-24(26-15-17)31-12-9-18(10-13-31)22-29-30-23-20(6-5-11-32(22)23)28-19-7-8-21(27-16(19)2)35(3,33)34/h5-9,11,14-15,28H,4,10,12-13H2,1-3H3. The molecule has 11 heteroatoms. The van der Waals surface area contributed by atoms with Gasteiger partial charge in [0, 0.05) is 37.9 Å². The summed E-state index contributed by atoms with van der Waals surface area (Å²) in [6.07, 6.45) is 10.7. The van der Waals surface area contributed by atoms with Crippen LogP contribution in [0.15, 0.2) is 54.0 Å². The number of nitrogens with one attached hydrogen (secondary N) is 1. The second kappa shape index (κ2) is 9.06. The molecule has 1 N–H and O–H groups in total. The van der Waals surface area contributed by atoms with E-state index in [1.54, 1.807) is 13.0 Å². The molecule has 0 aromatic carbocycles. The highest BCUT2D eigenvalue weighted by Gasteiger charge is 2.20. The first-order valence-corrected chi connectivity index (χ1v) is 13.3. The van der Waals surface area contributed by atoms with Gasteiger partial charge < -0.3 is 10.2 Å². The zero-order valence-corrected chi connectivity index (χ0v) is 20.6. The van der Waals surface area contributed by atoms with Gasteiger partial charge in [0.2, 0.25) is 5.95 Å². The van der Waals surface area contributed by atoms with Crippen LogP contribution in [-0.4, -0.2) is 57.3 Å². The molecule has 0 bridgehead atoms. The molecule has 180 valence electrons. The normalized spacial score (nSPS) is 14.3. The largest absolute Gasteiger partial charge is 0.351 e. The van der Waals surface area contributed by atoms with E-state index in [1.807, 2.05) is 35.1 Å². The molecule has 0 fully saturated rings. The lowest BCUT2D eigenvalue weighted by Gasteiger charge is -2.26. The van der Waals surface area contributed by atoms with E-state index in [4.69, 9.17) is 0 Å². The minimum Gasteiger partial charge on any atom is -0.351 e. The predicted octanol–water partition coefficient (Wildman–Crippen LogP) is 3.23. The SMILES string of the molecule is CCc1cnc(N2CC=C(c3nnc4c(Nc5ccc(S(C)(=O)=O)nc5C)cccn34)CC2)nc1. The minimum absolute atomic E-state index is 0.0495. The molecule has 0 aliphatic carbocycles. The Morgan fingerprint density at radius 3 is 2.54 bits per heavy atom. The third-order valence-corrected chi connectivity index (χ3v) is 7.01. The number of aromatic nitrogens is 6. The summed E-state index contributed by atoms with van der Waals surface area (Å²) in [5.41, 5.74) is 4.96. The third-order valence-electron chi connectivity index (χ3n) is 6.02. The van der Waals surface area contributed by atoms with Gasteiger partial charge in [-0.05, 0) is 55.2 Å². The first kappa shape index (κ1) is 22.9. The molecular formula is C24H26N8O2S. The summed E-state index contributed by atoms with van der Waals surface area (Å²) < 4.78 is 25.5. The molecule has 10 nitrogen and oxygen atoms in total. The fourth-order valence-corrected chi connectivity index (χ4v) is 4.62. The molecule has 0 saturated heterocycles. The van der Waals surface area contributed by atoms with Crippen LogP contribution >= 0.6 is 0 Å². The first-order chi connectivity index (χ1) is 16.8. The number of hydrogen-bond donors (Lipinski definition) is 1. The Bertz CT molecular complexity index is 1530. The molecule has 0 saturated carbocycles. The number of nitrogens with zero attached hydrogens (tertiary/aromatic N) is 7. The van der Waals surface area contributed by atoms with Crippen LogP contribution < -0.4 is 10.2 Å². The van der Waals surface area contributed by atoms with Gasteiger partial charge in [0.15, 0.2) is 26.3 Å². The Labute approximate surface area is 203 Å². The zero-order valence-electron chi connectivity index (χ0n) is 19.8. The molecule has 5 heterocycles. The molecule has 4 aromatic heterocycles. The Morgan fingerprint density at radius 2 is 1.89 bits per heavy atom. The summed E-state index contributed by atoms with van der Waals surface area (Å²) in [6.45, 7) is 5.35. The molecule has 1 aliphatic heterocycles. The van der Waals surface area contributed by atoms with Crippen LogP contribution in [0.5, 0.6) is 0 Å². The molecule has 0 atom stereocenters. The number of rotatable bonds is 6. The van der Waals surface area contributed by atoms with Crippen LogP contribution in [0, 0.1) is 6.92 Å². The average Bonchev–Trinajstić information content (AvgIpc) is 3.30. The van der Waals surface area contributed by atoms with Gasteiger partial charge in [0.25, 0.3) is 0 Å². The summed E-state index contributed by atoms with van der Waals surface area (Å²) in [5.74, 6) is 1.54. The maximum absolute atomic E-state index is 11.8. The van der Waals surface area contributed by atoms with Crippen molar-refractivity contribution in [2.75, 3.05) is 29.6 Å². The lowest BCUT2D eigenvalue weighted by atomic mass is 10.1. The Hall–Kier alpha value is -3.86. The van der Waals surface area contributed by atoms with E-state index in [0.717, 1.165) is 54.2 Å². The van der Waals surface area contributed by atoms with Crippen molar-refractivity contribution in [3.05, 3.63) is 66.0 Å². The summed E-state index contributed by atoms with van der Waals surface area (Å²) in [7, 11) is -3.37. The average molecular weight is 491 g/mol. The lowest BCUT2D eigenvalue weighted by Crippen LogP contribution is -2.30. The molecule has 0 amide bonds. The van der Waals surface area contributed by atoms with Crippen molar-refractivity contribution < 1.29 is 8.42 Å². The second-order valence-corrected chi connectivity index (χ2v) is 10.5. The first-order valence-electron chi connectivity index (χ1n) is 11.4. The maximum atomic E-state index is 11.8. The van der Waals surface area contributed by atoms with Crippen molar-refractivity contribution in [2.24, 2.45) is 0 Å². The Balaban J connectivity index is 1.39. The van der Waals surface area contributed by atoms with E-state index >= 15 is 0 Å². The van der Waals surface area contributed by atoms with E-state index in [0.29, 0.717) is 23.6 Å². The number of pyridine rings is 2. The molecule has 1 aliphatic rings. The Morgan fingerprint density at radius 1 is 1.09 bits per heavy atom. The highest BCUT2D eigenvalue weighted by Crippen LogP contribution is 2.28. The van der Waals surface area contributed by atoms with Gasteiger partial charge in [-0.15, -0.1) is 10.2 Å². The molecule has 35 heavy (non-hydrogen) atoms. The van der Waals surface area contributed by atoms with Crippen LogP contribution in [0.2, 0.25) is 0 Å². The monoisotopic (exact) mass is 490 g/mol. The molecular weight excluding hydrogens is 464 g/mol. The van der Waals surface area contributed by atoms with Crippen molar-refractivity contribution in [3.8, 4) is 0 Å². The van der Waals surface area contributed by atoms with Gasteiger partial charge in [0.05, 0.1) is 17.1 Å². The lowest BCUT2D eigenvalue weighted by molar-refractivity contribution is 0.598. The highest BCUT2D eigenvalue weighted by molar-refractivity contribution is 7.90. The topological polar surface area (TPSA) is 118 Å². The van der Waals surface area contributed by atoms with Crippen molar-refractivity contribution >= 4 is 38.4 Å². The van der Waals surface area contributed by atoms with Gasteiger partial charge in [0.1, 0.15) is 0 Å². The van der Waals surface area contributed by atoms with E-state index in [2.05, 4.69) is 48.4 Å². The summed E-state index contributed by atoms with van der Waals surface area (Å²) in [4.78, 5) is 15.4. The van der Waals surface area contributed by atoms with Gasteiger partial charge >= 0.3 is 0 Å². The van der Waals surface area contributed by atoms with Gasteiger partial charge in [-0.25, -0.2) is 23.4 Å². The maximum Gasteiger partial charge on any atom is 0.225 e. The van der Waals surface area contributed by atoms with Crippen LogP contribution in [0.25, 0.3) is 11.2 Å². The smallest absolute Gasteiger partial charge is 0.225 e. The van der Waals surface area contributed by atoms with Crippen LogP contribution in [0.4, 0.5) is 17.3 Å². The van der Waals surface area contributed by atoms with Crippen molar-refractivity contribution in [3.63, 3.8) is 0 Å². The molecule has 4 aromatic rings. The molecule has 0 radical (unpaired) electrons. The van der Waals surface area contributed by atoms with Crippen molar-refractivity contribution in [1.29, 1.82) is 0 Å².